The number of aliphatic hydroxyl groups is 1. The van der Waals surface area contributed by atoms with Crippen molar-refractivity contribution in [2.24, 2.45) is 24.6 Å². The summed E-state index contributed by atoms with van der Waals surface area (Å²) >= 11 is 0. The maximum atomic E-state index is 13.7. The summed E-state index contributed by atoms with van der Waals surface area (Å²) in [5, 5.41) is 11.3. The van der Waals surface area contributed by atoms with E-state index < -0.39 is 0 Å². The minimum absolute atomic E-state index is 0.0238. The highest BCUT2D eigenvalue weighted by Gasteiger charge is 2.47. The number of likely N-dealkylation sites (tertiary alicyclic amines) is 1. The minimum Gasteiger partial charge on any atom is -0.494 e. The Morgan fingerprint density at radius 3 is 2.55 bits per heavy atom. The fourth-order valence-electron chi connectivity index (χ4n) is 8.14. The van der Waals surface area contributed by atoms with Crippen molar-refractivity contribution in [3.8, 4) is 17.3 Å². The Kier molecular flexibility index (Phi) is 6.16. The summed E-state index contributed by atoms with van der Waals surface area (Å²) in [6, 6.07) is 13.2. The van der Waals surface area contributed by atoms with Crippen LogP contribution in [-0.2, 0) is 13.6 Å². The lowest BCUT2D eigenvalue weighted by Crippen LogP contribution is -2.41. The fraction of sp³-hybridized carbons (Fsp3) is 0.529. The number of benzene rings is 2. The van der Waals surface area contributed by atoms with Gasteiger partial charge in [-0.05, 0) is 98.9 Å². The molecule has 3 N–H and O–H groups in total. The van der Waals surface area contributed by atoms with Gasteiger partial charge in [0.15, 0.2) is 5.82 Å². The van der Waals surface area contributed by atoms with Crippen molar-refractivity contribution in [1.29, 1.82) is 0 Å². The van der Waals surface area contributed by atoms with E-state index in [4.69, 9.17) is 15.5 Å². The number of carbonyl (C=O) groups excluding carboxylic acids is 1. The topological polar surface area (TPSA) is 98.5 Å². The van der Waals surface area contributed by atoms with Gasteiger partial charge in [0.25, 0.3) is 5.91 Å². The first-order chi connectivity index (χ1) is 20.4. The molecule has 0 spiro atoms. The van der Waals surface area contributed by atoms with Gasteiger partial charge in [-0.1, -0.05) is 12.1 Å². The number of hydrogen-bond donors (Lipinski definition) is 2. The van der Waals surface area contributed by atoms with Crippen molar-refractivity contribution in [2.45, 2.75) is 82.0 Å². The number of aromatic nitrogens is 3. The molecule has 4 aromatic rings. The van der Waals surface area contributed by atoms with Crippen molar-refractivity contribution >= 4 is 27.8 Å². The number of aliphatic hydroxyl groups excluding tert-OH is 1. The van der Waals surface area contributed by atoms with Crippen LogP contribution in [0.25, 0.3) is 33.5 Å². The normalized spacial score (nSPS) is 27.4. The van der Waals surface area contributed by atoms with Gasteiger partial charge < -0.3 is 29.6 Å². The van der Waals surface area contributed by atoms with E-state index in [1.165, 1.54) is 29.3 Å². The van der Waals surface area contributed by atoms with Crippen LogP contribution < -0.4 is 10.5 Å². The molecule has 8 heteroatoms. The highest BCUT2D eigenvalue weighted by molar-refractivity contribution is 6.00. The van der Waals surface area contributed by atoms with E-state index in [9.17, 15) is 9.90 Å². The Balaban J connectivity index is 1.21. The van der Waals surface area contributed by atoms with Gasteiger partial charge in [-0.3, -0.25) is 4.79 Å². The van der Waals surface area contributed by atoms with E-state index in [2.05, 4.69) is 33.4 Å². The van der Waals surface area contributed by atoms with Crippen LogP contribution in [0.4, 0.5) is 0 Å². The van der Waals surface area contributed by atoms with Gasteiger partial charge in [-0.2, -0.15) is 0 Å². The van der Waals surface area contributed by atoms with Crippen LogP contribution in [0.3, 0.4) is 0 Å². The number of fused-ring (bicyclic) bond motifs is 4. The maximum Gasteiger partial charge on any atom is 0.254 e. The first-order valence-electron chi connectivity index (χ1n) is 15.8. The second-order valence-corrected chi connectivity index (χ2v) is 13.4. The molecule has 8 nitrogen and oxygen atoms in total. The van der Waals surface area contributed by atoms with E-state index in [0.717, 1.165) is 74.2 Å². The average molecular weight is 568 g/mol. The molecule has 42 heavy (non-hydrogen) atoms. The van der Waals surface area contributed by atoms with Crippen LogP contribution in [0.5, 0.6) is 5.75 Å². The van der Waals surface area contributed by atoms with Gasteiger partial charge in [0, 0.05) is 48.7 Å². The quantitative estimate of drug-likeness (QED) is 0.334. The third-order valence-electron chi connectivity index (χ3n) is 10.8. The molecule has 2 bridgehead atoms. The molecule has 1 aliphatic heterocycles. The summed E-state index contributed by atoms with van der Waals surface area (Å²) in [6.45, 7) is 1.72. The molecule has 3 atom stereocenters. The van der Waals surface area contributed by atoms with Crippen LogP contribution in [0.15, 0.2) is 36.4 Å². The number of amides is 1. The first kappa shape index (κ1) is 26.3. The molecule has 1 saturated heterocycles. The van der Waals surface area contributed by atoms with Gasteiger partial charge in [0.05, 0.1) is 24.4 Å². The summed E-state index contributed by atoms with van der Waals surface area (Å²) in [5.41, 5.74) is 12.4. The number of nitrogens with two attached hydrogens (primary N) is 1. The molecule has 3 aliphatic carbocycles. The second kappa shape index (κ2) is 9.85. The Bertz CT molecular complexity index is 1690. The highest BCUT2D eigenvalue weighted by Crippen LogP contribution is 2.41. The zero-order valence-electron chi connectivity index (χ0n) is 24.6. The fourth-order valence-corrected chi connectivity index (χ4v) is 8.14. The number of rotatable bonds is 6. The van der Waals surface area contributed by atoms with Gasteiger partial charge in [-0.15, -0.1) is 0 Å². The molecule has 3 saturated carbocycles. The zero-order valence-corrected chi connectivity index (χ0v) is 24.6. The van der Waals surface area contributed by atoms with Crippen molar-refractivity contribution in [1.82, 2.24) is 19.0 Å². The van der Waals surface area contributed by atoms with Crippen LogP contribution >= 0.6 is 0 Å². The predicted octanol–water partition coefficient (Wildman–Crippen LogP) is 5.19. The van der Waals surface area contributed by atoms with E-state index in [1.807, 2.05) is 24.1 Å². The van der Waals surface area contributed by atoms with Gasteiger partial charge >= 0.3 is 0 Å². The molecule has 2 aromatic carbocycles. The number of carbonyl (C=O) groups is 1. The van der Waals surface area contributed by atoms with Crippen molar-refractivity contribution in [3.63, 3.8) is 0 Å². The number of imidazole rings is 1. The lowest BCUT2D eigenvalue weighted by atomic mass is 9.82. The summed E-state index contributed by atoms with van der Waals surface area (Å²) in [6.07, 6.45) is 8.33. The van der Waals surface area contributed by atoms with Gasteiger partial charge in [-0.25, -0.2) is 4.98 Å². The second-order valence-electron chi connectivity index (χ2n) is 13.4. The van der Waals surface area contributed by atoms with Gasteiger partial charge in [0.2, 0.25) is 0 Å². The Labute approximate surface area is 246 Å². The van der Waals surface area contributed by atoms with Gasteiger partial charge in [0.1, 0.15) is 11.3 Å². The largest absolute Gasteiger partial charge is 0.494 e. The van der Waals surface area contributed by atoms with Crippen molar-refractivity contribution < 1.29 is 14.6 Å². The Hall–Kier alpha value is -3.36. The number of aryl methyl sites for hydroxylation is 1. The number of nitrogens with zero attached hydrogens (tertiary/aromatic N) is 4. The third kappa shape index (κ3) is 4.17. The monoisotopic (exact) mass is 567 g/mol. The molecule has 3 heterocycles. The average Bonchev–Trinajstić information content (AvgIpc) is 3.41. The molecule has 8 rings (SSSR count). The number of piperidine rings is 1. The van der Waals surface area contributed by atoms with Crippen LogP contribution in [-0.4, -0.2) is 61.9 Å². The molecule has 2 aromatic heterocycles. The SMILES string of the molecule is COc1cc(C(=O)N2C[C@H]3CC[C@@H]2[C@@H]3N)cc2nc(-c3cc4ccc(C5CCC(O)CC5)cc4n3CC3CC3)n(C)c12. The molecule has 0 radical (unpaired) electrons. The molecular weight excluding hydrogens is 526 g/mol. The van der Waals surface area contributed by atoms with Crippen LogP contribution in [0.2, 0.25) is 0 Å². The molecule has 4 aliphatic rings. The van der Waals surface area contributed by atoms with Crippen LogP contribution in [0.1, 0.15) is 73.2 Å². The summed E-state index contributed by atoms with van der Waals surface area (Å²) in [7, 11) is 3.71. The predicted molar refractivity (Wildman–Crippen MR) is 164 cm³/mol. The van der Waals surface area contributed by atoms with E-state index in [-0.39, 0.29) is 24.1 Å². The molecular formula is C34H41N5O3. The highest BCUT2D eigenvalue weighted by atomic mass is 16.5. The molecule has 1 amide bonds. The lowest BCUT2D eigenvalue weighted by molar-refractivity contribution is 0.0700. The first-order valence-corrected chi connectivity index (χ1v) is 15.8. The summed E-state index contributed by atoms with van der Waals surface area (Å²) in [4.78, 5) is 20.8. The smallest absolute Gasteiger partial charge is 0.254 e. The van der Waals surface area contributed by atoms with E-state index in [1.54, 1.807) is 7.11 Å². The Morgan fingerprint density at radius 1 is 1.05 bits per heavy atom. The lowest BCUT2D eigenvalue weighted by Gasteiger charge is -2.27. The number of hydrogen-bond acceptors (Lipinski definition) is 5. The van der Waals surface area contributed by atoms with Crippen LogP contribution in [0, 0.1) is 11.8 Å². The Morgan fingerprint density at radius 2 is 1.86 bits per heavy atom. The third-order valence-corrected chi connectivity index (χ3v) is 10.8. The summed E-state index contributed by atoms with van der Waals surface area (Å²) < 4.78 is 10.5. The van der Waals surface area contributed by atoms with Crippen molar-refractivity contribution in [3.05, 3.63) is 47.5 Å². The number of methoxy groups -OCH3 is 1. The molecule has 0 unspecified atom stereocenters. The van der Waals surface area contributed by atoms with E-state index in [0.29, 0.717) is 29.1 Å². The summed E-state index contributed by atoms with van der Waals surface area (Å²) in [5.74, 6) is 3.18. The molecule has 220 valence electrons. The van der Waals surface area contributed by atoms with E-state index >= 15 is 0 Å². The standard InChI is InChI=1S/C34H41N5O3/c1-37-32-26(13-24(16-30(32)42-2)34(41)39-18-23-9-12-27(39)31(23)35)36-33(37)29-15-22-6-5-21(20-7-10-25(40)11-8-20)14-28(22)38(29)17-19-3-4-19/h5-6,13-16,19-20,23,25,27,31,40H,3-4,7-12,17-18,35H2,1-2H3/t20?,23-,25?,27-,31-/m1/s1. The maximum absolute atomic E-state index is 13.7. The minimum atomic E-state index is -0.149. The van der Waals surface area contributed by atoms with Crippen molar-refractivity contribution in [2.75, 3.05) is 13.7 Å². The zero-order chi connectivity index (χ0) is 28.7. The molecule has 4 fully saturated rings. The number of ether oxygens (including phenoxy) is 1.